The molecule has 0 aliphatic heterocycles. The predicted molar refractivity (Wildman–Crippen MR) is 90.0 cm³/mol. The van der Waals surface area contributed by atoms with E-state index >= 15 is 0 Å². The third-order valence-electron chi connectivity index (χ3n) is 3.10. The summed E-state index contributed by atoms with van der Waals surface area (Å²) in [4.78, 5) is 1.28. The van der Waals surface area contributed by atoms with Gasteiger partial charge >= 0.3 is 0 Å². The van der Waals surface area contributed by atoms with Crippen LogP contribution in [-0.2, 0) is 16.6 Å². The molecular formula is C15H12BrNO2S2. The highest BCUT2D eigenvalue weighted by Crippen LogP contribution is 2.24. The van der Waals surface area contributed by atoms with E-state index in [9.17, 15) is 8.42 Å². The first-order chi connectivity index (χ1) is 10.1. The third kappa shape index (κ3) is 3.18. The second kappa shape index (κ2) is 5.88. The van der Waals surface area contributed by atoms with E-state index in [0.29, 0.717) is 11.4 Å². The monoisotopic (exact) mass is 381 g/mol. The fraction of sp³-hybridized carbons (Fsp3) is 0.0667. The van der Waals surface area contributed by atoms with E-state index in [2.05, 4.69) is 20.7 Å². The van der Waals surface area contributed by atoms with Crippen LogP contribution in [0.2, 0.25) is 0 Å². The van der Waals surface area contributed by atoms with Crippen LogP contribution >= 0.6 is 27.3 Å². The van der Waals surface area contributed by atoms with Crippen LogP contribution in [0.15, 0.2) is 63.3 Å². The van der Waals surface area contributed by atoms with Crippen molar-refractivity contribution >= 4 is 48.1 Å². The molecule has 1 aromatic heterocycles. The molecule has 2 aromatic carbocycles. The molecule has 1 heterocycles. The van der Waals surface area contributed by atoms with Gasteiger partial charge in [0.2, 0.25) is 10.0 Å². The Hall–Kier alpha value is -1.21. The van der Waals surface area contributed by atoms with Crippen molar-refractivity contribution in [2.45, 2.75) is 11.4 Å². The minimum absolute atomic E-state index is 0.293. The zero-order valence-corrected chi connectivity index (χ0v) is 14.1. The first-order valence-corrected chi connectivity index (χ1v) is 9.42. The van der Waals surface area contributed by atoms with Crippen molar-refractivity contribution < 1.29 is 8.42 Å². The number of benzene rings is 2. The molecule has 3 nitrogen and oxygen atoms in total. The van der Waals surface area contributed by atoms with E-state index in [4.69, 9.17) is 0 Å². The van der Waals surface area contributed by atoms with Crippen molar-refractivity contribution in [3.05, 3.63) is 63.3 Å². The number of sulfonamides is 1. The number of halogens is 1. The Balaban J connectivity index is 1.93. The molecule has 0 unspecified atom stereocenters. The van der Waals surface area contributed by atoms with Crippen molar-refractivity contribution in [2.24, 2.45) is 0 Å². The van der Waals surface area contributed by atoms with E-state index in [1.54, 1.807) is 12.1 Å². The van der Waals surface area contributed by atoms with Gasteiger partial charge in [0.05, 0.1) is 4.90 Å². The lowest BCUT2D eigenvalue weighted by Gasteiger charge is -2.08. The number of thiophene rings is 1. The van der Waals surface area contributed by atoms with E-state index in [0.717, 1.165) is 20.1 Å². The van der Waals surface area contributed by atoms with Gasteiger partial charge in [-0.15, -0.1) is 11.3 Å². The maximum atomic E-state index is 12.5. The molecule has 0 saturated carbocycles. The molecule has 0 fully saturated rings. The molecular weight excluding hydrogens is 370 g/mol. The Morgan fingerprint density at radius 2 is 1.86 bits per heavy atom. The summed E-state index contributed by atoms with van der Waals surface area (Å²) in [6, 6.07) is 14.7. The van der Waals surface area contributed by atoms with Gasteiger partial charge in [0.15, 0.2) is 0 Å². The predicted octanol–water partition coefficient (Wildman–Crippen LogP) is 4.14. The maximum absolute atomic E-state index is 12.5. The molecule has 1 N–H and O–H groups in total. The molecule has 0 saturated heterocycles. The normalized spacial score (nSPS) is 11.9. The lowest BCUT2D eigenvalue weighted by molar-refractivity contribution is 0.582. The second-order valence-electron chi connectivity index (χ2n) is 4.53. The Labute approximate surface area is 135 Å². The van der Waals surface area contributed by atoms with Crippen LogP contribution in [0.1, 0.15) is 4.88 Å². The van der Waals surface area contributed by atoms with Gasteiger partial charge in [-0.3, -0.25) is 0 Å². The summed E-state index contributed by atoms with van der Waals surface area (Å²) in [6.07, 6.45) is 0. The minimum atomic E-state index is -3.53. The quantitative estimate of drug-likeness (QED) is 0.737. The fourth-order valence-corrected chi connectivity index (χ4v) is 4.84. The summed E-state index contributed by atoms with van der Waals surface area (Å²) in [5.41, 5.74) is 0. The van der Waals surface area contributed by atoms with Gasteiger partial charge in [-0.25, -0.2) is 13.1 Å². The molecule has 6 heteroatoms. The van der Waals surface area contributed by atoms with Crippen LogP contribution in [0.3, 0.4) is 0 Å². The van der Waals surface area contributed by atoms with Gasteiger partial charge in [0, 0.05) is 26.7 Å². The van der Waals surface area contributed by atoms with Crippen molar-refractivity contribution in [2.75, 3.05) is 0 Å². The summed E-state index contributed by atoms with van der Waals surface area (Å²) < 4.78 is 28.6. The van der Waals surface area contributed by atoms with Gasteiger partial charge in [0.1, 0.15) is 0 Å². The van der Waals surface area contributed by atoms with Crippen LogP contribution in [0.5, 0.6) is 0 Å². The molecule has 3 aromatic rings. The zero-order valence-electron chi connectivity index (χ0n) is 10.9. The molecule has 0 aliphatic carbocycles. The number of rotatable bonds is 4. The average Bonchev–Trinajstić information content (AvgIpc) is 2.90. The average molecular weight is 382 g/mol. The van der Waals surface area contributed by atoms with Crippen LogP contribution in [-0.4, -0.2) is 8.42 Å². The minimum Gasteiger partial charge on any atom is -0.207 e. The lowest BCUT2D eigenvalue weighted by atomic mass is 10.1. The summed E-state index contributed by atoms with van der Waals surface area (Å²) in [7, 11) is -3.53. The van der Waals surface area contributed by atoms with Crippen molar-refractivity contribution in [1.82, 2.24) is 4.72 Å². The Morgan fingerprint density at radius 3 is 2.62 bits per heavy atom. The topological polar surface area (TPSA) is 46.2 Å². The summed E-state index contributed by atoms with van der Waals surface area (Å²) >= 11 is 4.88. The Morgan fingerprint density at radius 1 is 1.10 bits per heavy atom. The maximum Gasteiger partial charge on any atom is 0.241 e. The first-order valence-electron chi connectivity index (χ1n) is 6.26. The van der Waals surface area contributed by atoms with Crippen LogP contribution in [0.25, 0.3) is 10.8 Å². The van der Waals surface area contributed by atoms with Crippen molar-refractivity contribution in [1.29, 1.82) is 0 Å². The molecule has 0 atom stereocenters. The fourth-order valence-electron chi connectivity index (χ4n) is 2.12. The molecule has 0 spiro atoms. The van der Waals surface area contributed by atoms with Gasteiger partial charge in [-0.2, -0.15) is 0 Å². The lowest BCUT2D eigenvalue weighted by Crippen LogP contribution is -2.23. The highest BCUT2D eigenvalue weighted by molar-refractivity contribution is 9.10. The highest BCUT2D eigenvalue weighted by atomic mass is 79.9. The zero-order chi connectivity index (χ0) is 14.9. The SMILES string of the molecule is O=S(=O)(NCc1cc(Br)cs1)c1cccc2ccccc12. The smallest absolute Gasteiger partial charge is 0.207 e. The molecule has 21 heavy (non-hydrogen) atoms. The van der Waals surface area contributed by atoms with Gasteiger partial charge in [-0.05, 0) is 33.4 Å². The van der Waals surface area contributed by atoms with E-state index in [-0.39, 0.29) is 0 Å². The van der Waals surface area contributed by atoms with Crippen LogP contribution < -0.4 is 4.72 Å². The highest BCUT2D eigenvalue weighted by Gasteiger charge is 2.16. The number of hydrogen-bond donors (Lipinski definition) is 1. The number of nitrogens with one attached hydrogen (secondary N) is 1. The van der Waals surface area contributed by atoms with Gasteiger partial charge < -0.3 is 0 Å². The summed E-state index contributed by atoms with van der Waals surface area (Å²) in [5.74, 6) is 0. The molecule has 0 aliphatic rings. The molecule has 0 amide bonds. The van der Waals surface area contributed by atoms with Gasteiger partial charge in [0.25, 0.3) is 0 Å². The standard InChI is InChI=1S/C15H12BrNO2S2/c16-12-8-13(20-10-12)9-17-21(18,19)15-7-3-5-11-4-1-2-6-14(11)15/h1-8,10,17H,9H2. The number of fused-ring (bicyclic) bond motifs is 1. The Kier molecular flexibility index (Phi) is 4.12. The largest absolute Gasteiger partial charge is 0.241 e. The first kappa shape index (κ1) is 14.7. The van der Waals surface area contributed by atoms with Crippen LogP contribution in [0.4, 0.5) is 0 Å². The summed E-state index contributed by atoms with van der Waals surface area (Å²) in [5, 5.41) is 3.58. The second-order valence-corrected chi connectivity index (χ2v) is 8.18. The van der Waals surface area contributed by atoms with Gasteiger partial charge in [-0.1, -0.05) is 36.4 Å². The number of hydrogen-bond acceptors (Lipinski definition) is 3. The third-order valence-corrected chi connectivity index (χ3v) is 6.25. The molecule has 0 bridgehead atoms. The van der Waals surface area contributed by atoms with E-state index in [1.165, 1.54) is 11.3 Å². The van der Waals surface area contributed by atoms with Crippen molar-refractivity contribution in [3.63, 3.8) is 0 Å². The Bertz CT molecular complexity index is 882. The van der Waals surface area contributed by atoms with E-state index < -0.39 is 10.0 Å². The molecule has 0 radical (unpaired) electrons. The van der Waals surface area contributed by atoms with Crippen molar-refractivity contribution in [3.8, 4) is 0 Å². The van der Waals surface area contributed by atoms with E-state index in [1.807, 2.05) is 41.8 Å². The molecule has 108 valence electrons. The molecule has 3 rings (SSSR count). The van der Waals surface area contributed by atoms with Crippen LogP contribution in [0, 0.1) is 0 Å². The summed E-state index contributed by atoms with van der Waals surface area (Å²) in [6.45, 7) is 0.293.